The summed E-state index contributed by atoms with van der Waals surface area (Å²) in [6.45, 7) is 5.68. The van der Waals surface area contributed by atoms with E-state index in [1.54, 1.807) is 0 Å². The van der Waals surface area contributed by atoms with Crippen LogP contribution in [0, 0.1) is 0 Å². The molecule has 0 aliphatic rings. The fourth-order valence-electron chi connectivity index (χ4n) is 1.86. The van der Waals surface area contributed by atoms with Crippen LogP contribution >= 0.6 is 0 Å². The third-order valence-electron chi connectivity index (χ3n) is 2.72. The van der Waals surface area contributed by atoms with E-state index in [9.17, 15) is 0 Å². The van der Waals surface area contributed by atoms with Crippen molar-refractivity contribution in [3.63, 3.8) is 0 Å². The van der Waals surface area contributed by atoms with Crippen molar-refractivity contribution in [3.8, 4) is 0 Å². The molecule has 0 amide bonds. The van der Waals surface area contributed by atoms with E-state index in [0.717, 1.165) is 23.4 Å². The van der Waals surface area contributed by atoms with Crippen LogP contribution in [0.2, 0.25) is 0 Å². The quantitative estimate of drug-likeness (QED) is 0.870. The molecular weight excluding hydrogens is 212 g/mol. The number of hydrogen-bond acceptors (Lipinski definition) is 4. The highest BCUT2D eigenvalue weighted by atomic mass is 15.2. The van der Waals surface area contributed by atoms with E-state index in [4.69, 9.17) is 5.73 Å². The molecule has 0 atom stereocenters. The van der Waals surface area contributed by atoms with Crippen LogP contribution in [-0.4, -0.2) is 29.1 Å². The van der Waals surface area contributed by atoms with E-state index in [1.165, 1.54) is 0 Å². The van der Waals surface area contributed by atoms with Gasteiger partial charge in [0.15, 0.2) is 0 Å². The molecule has 1 aromatic heterocycles. The van der Waals surface area contributed by atoms with Gasteiger partial charge < -0.3 is 10.6 Å². The maximum atomic E-state index is 5.63. The average molecular weight is 230 g/mol. The van der Waals surface area contributed by atoms with Gasteiger partial charge in [-0.25, -0.2) is 4.98 Å². The minimum absolute atomic E-state index is 0.369. The third kappa shape index (κ3) is 2.53. The van der Waals surface area contributed by atoms with E-state index in [2.05, 4.69) is 28.7 Å². The fraction of sp³-hybridized carbons (Fsp3) is 0.385. The lowest BCUT2D eigenvalue weighted by Gasteiger charge is -2.27. The molecule has 4 heteroatoms. The summed E-state index contributed by atoms with van der Waals surface area (Å²) in [6, 6.07) is 8.26. The largest absolute Gasteiger partial charge is 0.352 e. The second-order valence-electron chi connectivity index (χ2n) is 4.29. The molecule has 90 valence electrons. The van der Waals surface area contributed by atoms with E-state index in [1.807, 2.05) is 30.5 Å². The van der Waals surface area contributed by atoms with Gasteiger partial charge in [-0.1, -0.05) is 12.1 Å². The van der Waals surface area contributed by atoms with Crippen molar-refractivity contribution in [2.75, 3.05) is 18.0 Å². The standard InChI is InChI=1S/C13H18N4/c1-10(2)17(8-7-14)13-9-15-11-5-3-4-6-12(11)16-13/h3-6,9-10H,7-8,14H2,1-2H3. The molecule has 0 saturated carbocycles. The van der Waals surface area contributed by atoms with Crippen molar-refractivity contribution in [2.45, 2.75) is 19.9 Å². The zero-order chi connectivity index (χ0) is 12.3. The van der Waals surface area contributed by atoms with E-state index < -0.39 is 0 Å². The van der Waals surface area contributed by atoms with Gasteiger partial charge in [0.1, 0.15) is 5.82 Å². The number of anilines is 1. The lowest BCUT2D eigenvalue weighted by Crippen LogP contribution is -2.36. The number of hydrogen-bond donors (Lipinski definition) is 1. The van der Waals surface area contributed by atoms with Crippen LogP contribution in [0.1, 0.15) is 13.8 Å². The number of rotatable bonds is 4. The molecule has 17 heavy (non-hydrogen) atoms. The number of aromatic nitrogens is 2. The predicted molar refractivity (Wildman–Crippen MR) is 71.1 cm³/mol. The Labute approximate surface area is 101 Å². The van der Waals surface area contributed by atoms with Crippen molar-refractivity contribution < 1.29 is 0 Å². The molecule has 0 unspecified atom stereocenters. The molecule has 0 aliphatic carbocycles. The summed E-state index contributed by atoms with van der Waals surface area (Å²) >= 11 is 0. The Bertz CT molecular complexity index is 495. The highest BCUT2D eigenvalue weighted by molar-refractivity contribution is 5.75. The maximum Gasteiger partial charge on any atom is 0.148 e. The monoisotopic (exact) mass is 230 g/mol. The molecule has 2 N–H and O–H groups in total. The van der Waals surface area contributed by atoms with Crippen molar-refractivity contribution >= 4 is 16.9 Å². The number of fused-ring (bicyclic) bond motifs is 1. The number of benzene rings is 1. The van der Waals surface area contributed by atoms with Crippen LogP contribution in [0.5, 0.6) is 0 Å². The molecule has 1 aromatic carbocycles. The van der Waals surface area contributed by atoms with Crippen LogP contribution in [0.25, 0.3) is 11.0 Å². The van der Waals surface area contributed by atoms with Crippen molar-refractivity contribution in [1.29, 1.82) is 0 Å². The Hall–Kier alpha value is -1.68. The van der Waals surface area contributed by atoms with Crippen LogP contribution < -0.4 is 10.6 Å². The van der Waals surface area contributed by atoms with Gasteiger partial charge >= 0.3 is 0 Å². The lowest BCUT2D eigenvalue weighted by atomic mass is 10.3. The first-order valence-electron chi connectivity index (χ1n) is 5.91. The topological polar surface area (TPSA) is 55.0 Å². The van der Waals surface area contributed by atoms with Gasteiger partial charge in [0.25, 0.3) is 0 Å². The highest BCUT2D eigenvalue weighted by Gasteiger charge is 2.11. The summed E-state index contributed by atoms with van der Waals surface area (Å²) in [5, 5.41) is 0. The van der Waals surface area contributed by atoms with Gasteiger partial charge in [0, 0.05) is 19.1 Å². The van der Waals surface area contributed by atoms with Crippen LogP contribution in [0.15, 0.2) is 30.5 Å². The SMILES string of the molecule is CC(C)N(CCN)c1cnc2ccccc2n1. The molecule has 2 aromatic rings. The third-order valence-corrected chi connectivity index (χ3v) is 2.72. The summed E-state index contributed by atoms with van der Waals surface area (Å²) in [5.74, 6) is 0.893. The summed E-state index contributed by atoms with van der Waals surface area (Å²) < 4.78 is 0. The Morgan fingerprint density at radius 1 is 1.24 bits per heavy atom. The normalized spacial score (nSPS) is 11.1. The van der Waals surface area contributed by atoms with Gasteiger partial charge in [-0.15, -0.1) is 0 Å². The Morgan fingerprint density at radius 3 is 2.59 bits per heavy atom. The molecular formula is C13H18N4. The lowest BCUT2D eigenvalue weighted by molar-refractivity contribution is 0.674. The Balaban J connectivity index is 2.40. The number of nitrogens with zero attached hydrogens (tertiary/aromatic N) is 3. The summed E-state index contributed by atoms with van der Waals surface area (Å²) in [7, 11) is 0. The minimum Gasteiger partial charge on any atom is -0.352 e. The first-order chi connectivity index (χ1) is 8.22. The zero-order valence-corrected chi connectivity index (χ0v) is 10.3. The smallest absolute Gasteiger partial charge is 0.148 e. The van der Waals surface area contributed by atoms with E-state index in [0.29, 0.717) is 12.6 Å². The van der Waals surface area contributed by atoms with Gasteiger partial charge in [-0.05, 0) is 26.0 Å². The van der Waals surface area contributed by atoms with Crippen LogP contribution in [-0.2, 0) is 0 Å². The molecule has 2 rings (SSSR count). The van der Waals surface area contributed by atoms with Gasteiger partial charge in [0.05, 0.1) is 17.2 Å². The molecule has 4 nitrogen and oxygen atoms in total. The maximum absolute atomic E-state index is 5.63. The highest BCUT2D eigenvalue weighted by Crippen LogP contribution is 2.16. The molecule has 1 heterocycles. The summed E-state index contributed by atoms with van der Waals surface area (Å²) in [5.41, 5.74) is 7.47. The molecule has 0 fully saturated rings. The molecule has 0 aliphatic heterocycles. The second kappa shape index (κ2) is 5.10. The van der Waals surface area contributed by atoms with E-state index in [-0.39, 0.29) is 0 Å². The second-order valence-corrected chi connectivity index (χ2v) is 4.29. The molecule has 0 bridgehead atoms. The fourth-order valence-corrected chi connectivity index (χ4v) is 1.86. The first-order valence-corrected chi connectivity index (χ1v) is 5.91. The van der Waals surface area contributed by atoms with Crippen LogP contribution in [0.4, 0.5) is 5.82 Å². The van der Waals surface area contributed by atoms with Crippen molar-refractivity contribution in [3.05, 3.63) is 30.5 Å². The average Bonchev–Trinajstić information content (AvgIpc) is 2.35. The number of para-hydroxylation sites is 2. The zero-order valence-electron chi connectivity index (χ0n) is 10.3. The predicted octanol–water partition coefficient (Wildman–Crippen LogP) is 1.80. The van der Waals surface area contributed by atoms with Gasteiger partial charge in [-0.2, -0.15) is 0 Å². The first kappa shape index (κ1) is 11.8. The molecule has 0 spiro atoms. The van der Waals surface area contributed by atoms with Crippen molar-refractivity contribution in [1.82, 2.24) is 9.97 Å². The van der Waals surface area contributed by atoms with E-state index >= 15 is 0 Å². The molecule has 0 radical (unpaired) electrons. The van der Waals surface area contributed by atoms with Crippen LogP contribution in [0.3, 0.4) is 0 Å². The van der Waals surface area contributed by atoms with Gasteiger partial charge in [0.2, 0.25) is 0 Å². The minimum atomic E-state index is 0.369. The van der Waals surface area contributed by atoms with Crippen molar-refractivity contribution in [2.24, 2.45) is 5.73 Å². The summed E-state index contributed by atoms with van der Waals surface area (Å²) in [6.07, 6.45) is 1.82. The Morgan fingerprint density at radius 2 is 1.94 bits per heavy atom. The number of nitrogens with two attached hydrogens (primary N) is 1. The summed E-state index contributed by atoms with van der Waals surface area (Å²) in [4.78, 5) is 11.2. The van der Waals surface area contributed by atoms with Gasteiger partial charge in [-0.3, -0.25) is 4.98 Å². The molecule has 0 saturated heterocycles. The Kier molecular flexibility index (Phi) is 3.54.